The lowest BCUT2D eigenvalue weighted by Crippen LogP contribution is -2.22. The highest BCUT2D eigenvalue weighted by atomic mass is 19.4. The van der Waals surface area contributed by atoms with Gasteiger partial charge in [-0.15, -0.1) is 13.2 Å². The van der Waals surface area contributed by atoms with Gasteiger partial charge in [0.15, 0.2) is 5.75 Å². The molecule has 0 unspecified atom stereocenters. The number of hydrogen-bond acceptors (Lipinski definition) is 3. The summed E-state index contributed by atoms with van der Waals surface area (Å²) in [6.07, 6.45) is -8.54. The van der Waals surface area contributed by atoms with Gasteiger partial charge >= 0.3 is 6.36 Å². The van der Waals surface area contributed by atoms with Gasteiger partial charge in [0.25, 0.3) is 6.43 Å². The number of aromatic nitrogens is 1. The van der Waals surface area contributed by atoms with Crippen molar-refractivity contribution in [3.63, 3.8) is 0 Å². The number of aliphatic hydroxyl groups is 1. The number of H-pyrrole nitrogens is 1. The van der Waals surface area contributed by atoms with Gasteiger partial charge in [0, 0.05) is 6.07 Å². The fourth-order valence-corrected chi connectivity index (χ4v) is 1.13. The van der Waals surface area contributed by atoms with Crippen LogP contribution in [0.4, 0.5) is 22.0 Å². The summed E-state index contributed by atoms with van der Waals surface area (Å²) in [6, 6.07) is 0.283. The van der Waals surface area contributed by atoms with E-state index in [0.717, 1.165) is 0 Å². The molecule has 2 N–H and O–H groups in total. The second-order valence-electron chi connectivity index (χ2n) is 2.90. The average Bonchev–Trinajstić information content (AvgIpc) is 2.17. The van der Waals surface area contributed by atoms with Crippen LogP contribution in [0.25, 0.3) is 0 Å². The Morgan fingerprint density at radius 2 is 2.00 bits per heavy atom. The molecular weight excluding hydrogens is 253 g/mol. The molecule has 1 heterocycles. The molecule has 0 spiro atoms. The van der Waals surface area contributed by atoms with Gasteiger partial charge < -0.3 is 14.8 Å². The average molecular weight is 259 g/mol. The van der Waals surface area contributed by atoms with Crippen LogP contribution in [0, 0.1) is 0 Å². The van der Waals surface area contributed by atoms with Crippen molar-refractivity contribution in [3.05, 3.63) is 27.7 Å². The zero-order chi connectivity index (χ0) is 13.2. The molecule has 0 radical (unpaired) electrons. The lowest BCUT2D eigenvalue weighted by atomic mass is 10.2. The van der Waals surface area contributed by atoms with E-state index in [9.17, 15) is 26.7 Å². The molecular formula is C8H6F5NO3. The Hall–Kier alpha value is -1.64. The molecule has 0 bridgehead atoms. The molecule has 0 aliphatic heterocycles. The van der Waals surface area contributed by atoms with Crippen LogP contribution in [0.3, 0.4) is 0 Å². The fraction of sp³-hybridized carbons (Fsp3) is 0.375. The maximum Gasteiger partial charge on any atom is 0.573 e. The van der Waals surface area contributed by atoms with Gasteiger partial charge in [0.1, 0.15) is 0 Å². The Balaban J connectivity index is 3.37. The molecule has 0 fully saturated rings. The van der Waals surface area contributed by atoms with Crippen LogP contribution in [-0.2, 0) is 6.61 Å². The van der Waals surface area contributed by atoms with Crippen LogP contribution in [0.15, 0.2) is 10.9 Å². The largest absolute Gasteiger partial charge is 0.573 e. The first-order chi connectivity index (χ1) is 7.74. The Kier molecular flexibility index (Phi) is 3.71. The summed E-state index contributed by atoms with van der Waals surface area (Å²) in [5, 5.41) is 8.68. The monoisotopic (exact) mass is 259 g/mol. The van der Waals surface area contributed by atoms with E-state index in [4.69, 9.17) is 5.11 Å². The van der Waals surface area contributed by atoms with Gasteiger partial charge in [0.2, 0.25) is 5.56 Å². The molecule has 4 nitrogen and oxygen atoms in total. The van der Waals surface area contributed by atoms with Crippen molar-refractivity contribution < 1.29 is 31.8 Å². The molecule has 17 heavy (non-hydrogen) atoms. The minimum absolute atomic E-state index is 0.283. The van der Waals surface area contributed by atoms with Crippen molar-refractivity contribution in [1.82, 2.24) is 4.98 Å². The zero-order valence-corrected chi connectivity index (χ0v) is 8.02. The molecule has 0 aliphatic carbocycles. The van der Waals surface area contributed by atoms with E-state index in [1.165, 1.54) is 0 Å². The van der Waals surface area contributed by atoms with Gasteiger partial charge in [-0.3, -0.25) is 4.79 Å². The Bertz CT molecular complexity index is 453. The predicted octanol–water partition coefficient (Wildman–Crippen LogP) is 1.70. The Morgan fingerprint density at radius 1 is 1.41 bits per heavy atom. The molecule has 1 aromatic heterocycles. The van der Waals surface area contributed by atoms with Gasteiger partial charge in [-0.05, 0) is 0 Å². The van der Waals surface area contributed by atoms with E-state index in [0.29, 0.717) is 0 Å². The van der Waals surface area contributed by atoms with E-state index in [1.807, 2.05) is 0 Å². The van der Waals surface area contributed by atoms with Crippen LogP contribution in [0.1, 0.15) is 17.7 Å². The molecule has 0 aliphatic rings. The minimum Gasteiger partial charge on any atom is -0.403 e. The van der Waals surface area contributed by atoms with Crippen molar-refractivity contribution in [2.45, 2.75) is 19.4 Å². The molecule has 1 rings (SSSR count). The standard InChI is InChI=1S/C8H6F5NO3/c9-7(10)3-1-5(16)14-4(2-15)6(3)17-8(11,12)13/h1,7,15H,2H2,(H,14,16). The third-order valence-corrected chi connectivity index (χ3v) is 1.71. The Labute approximate surface area is 90.6 Å². The molecule has 1 aromatic rings. The minimum atomic E-state index is -5.20. The molecule has 9 heteroatoms. The Morgan fingerprint density at radius 3 is 2.41 bits per heavy atom. The van der Waals surface area contributed by atoms with Gasteiger partial charge in [-0.1, -0.05) is 0 Å². The molecule has 0 saturated heterocycles. The lowest BCUT2D eigenvalue weighted by Gasteiger charge is -2.15. The number of aliphatic hydroxyl groups excluding tert-OH is 1. The predicted molar refractivity (Wildman–Crippen MR) is 44.6 cm³/mol. The quantitative estimate of drug-likeness (QED) is 0.812. The van der Waals surface area contributed by atoms with Gasteiger partial charge in [0.05, 0.1) is 17.9 Å². The highest BCUT2D eigenvalue weighted by Gasteiger charge is 2.35. The van der Waals surface area contributed by atoms with Crippen LogP contribution in [0.2, 0.25) is 0 Å². The second-order valence-corrected chi connectivity index (χ2v) is 2.90. The maximum atomic E-state index is 12.4. The van der Waals surface area contributed by atoms with Crippen molar-refractivity contribution in [3.8, 4) is 5.75 Å². The van der Waals surface area contributed by atoms with Crippen LogP contribution in [0.5, 0.6) is 5.75 Å². The summed E-state index contributed by atoms with van der Waals surface area (Å²) >= 11 is 0. The topological polar surface area (TPSA) is 62.3 Å². The van der Waals surface area contributed by atoms with Crippen LogP contribution >= 0.6 is 0 Å². The van der Waals surface area contributed by atoms with Crippen LogP contribution in [-0.4, -0.2) is 16.5 Å². The SMILES string of the molecule is O=c1cc(C(F)F)c(OC(F)(F)F)c(CO)[nH]1. The number of ether oxygens (including phenoxy) is 1. The van der Waals surface area contributed by atoms with E-state index in [1.54, 1.807) is 4.98 Å². The van der Waals surface area contributed by atoms with Crippen molar-refractivity contribution >= 4 is 0 Å². The fourth-order valence-electron chi connectivity index (χ4n) is 1.13. The van der Waals surface area contributed by atoms with Crippen molar-refractivity contribution in [1.29, 1.82) is 0 Å². The highest BCUT2D eigenvalue weighted by Crippen LogP contribution is 2.33. The molecule has 0 atom stereocenters. The third kappa shape index (κ3) is 3.41. The van der Waals surface area contributed by atoms with E-state index in [-0.39, 0.29) is 6.07 Å². The normalized spacial score (nSPS) is 11.9. The first kappa shape index (κ1) is 13.4. The lowest BCUT2D eigenvalue weighted by molar-refractivity contribution is -0.275. The van der Waals surface area contributed by atoms with E-state index < -0.39 is 42.0 Å². The molecule has 96 valence electrons. The number of halogens is 5. The molecule has 0 saturated carbocycles. The van der Waals surface area contributed by atoms with Gasteiger partial charge in [-0.2, -0.15) is 0 Å². The molecule has 0 aromatic carbocycles. The molecule has 0 amide bonds. The first-order valence-corrected chi connectivity index (χ1v) is 4.15. The summed E-state index contributed by atoms with van der Waals surface area (Å²) in [5.74, 6) is -1.28. The second kappa shape index (κ2) is 4.70. The van der Waals surface area contributed by atoms with Gasteiger partial charge in [-0.25, -0.2) is 8.78 Å². The first-order valence-electron chi connectivity index (χ1n) is 4.15. The number of aromatic amines is 1. The van der Waals surface area contributed by atoms with E-state index >= 15 is 0 Å². The number of nitrogens with one attached hydrogen (secondary N) is 1. The number of alkyl halides is 5. The summed E-state index contributed by atoms with van der Waals surface area (Å²) in [4.78, 5) is 12.6. The summed E-state index contributed by atoms with van der Waals surface area (Å²) in [6.45, 7) is -1.07. The van der Waals surface area contributed by atoms with Crippen molar-refractivity contribution in [2.24, 2.45) is 0 Å². The third-order valence-electron chi connectivity index (χ3n) is 1.71. The van der Waals surface area contributed by atoms with Crippen LogP contribution < -0.4 is 10.3 Å². The summed E-state index contributed by atoms with van der Waals surface area (Å²) in [5.41, 5.74) is -3.04. The van der Waals surface area contributed by atoms with E-state index in [2.05, 4.69) is 4.74 Å². The summed E-state index contributed by atoms with van der Waals surface area (Å²) < 4.78 is 64.1. The summed E-state index contributed by atoms with van der Waals surface area (Å²) in [7, 11) is 0. The smallest absolute Gasteiger partial charge is 0.403 e. The number of rotatable bonds is 3. The zero-order valence-electron chi connectivity index (χ0n) is 8.02. The number of pyridine rings is 1. The van der Waals surface area contributed by atoms with Crippen molar-refractivity contribution in [2.75, 3.05) is 0 Å². The number of hydrogen-bond donors (Lipinski definition) is 2. The maximum absolute atomic E-state index is 12.4. The highest BCUT2D eigenvalue weighted by molar-refractivity contribution is 5.37.